The van der Waals surface area contributed by atoms with E-state index in [9.17, 15) is 28.0 Å². The summed E-state index contributed by atoms with van der Waals surface area (Å²) in [6.45, 7) is 17.0. The first kappa shape index (κ1) is 49.5. The summed E-state index contributed by atoms with van der Waals surface area (Å²) in [6, 6.07) is 23.7. The Morgan fingerprint density at radius 2 is 1.43 bits per heavy atom. The Kier molecular flexibility index (Phi) is 12.9. The predicted molar refractivity (Wildman–Crippen MR) is 258 cm³/mol. The topological polar surface area (TPSA) is 175 Å². The van der Waals surface area contributed by atoms with Crippen LogP contribution in [0.15, 0.2) is 111 Å². The van der Waals surface area contributed by atoms with Crippen LogP contribution < -0.4 is 9.64 Å². The first-order valence-electron chi connectivity index (χ1n) is 25.1. The average Bonchev–Trinajstić information content (AvgIpc) is 3.70. The monoisotopic (exact) mass is 976 g/mol. The predicted octanol–water partition coefficient (Wildman–Crippen LogP) is 11.2. The number of hydrogen-bond acceptors (Lipinski definition) is 12. The molecule has 374 valence electrons. The van der Waals surface area contributed by atoms with E-state index in [2.05, 4.69) is 64.3 Å². The molecule has 70 heavy (non-hydrogen) atoms. The van der Waals surface area contributed by atoms with Gasteiger partial charge in [-0.2, -0.15) is 0 Å². The van der Waals surface area contributed by atoms with Crippen molar-refractivity contribution in [2.45, 2.75) is 155 Å². The maximum absolute atomic E-state index is 14.4. The number of ether oxygens (including phenoxy) is 4. The van der Waals surface area contributed by atoms with Crippen molar-refractivity contribution in [1.29, 1.82) is 0 Å². The largest absolute Gasteiger partial charge is 0.462 e. The minimum absolute atomic E-state index is 0.0146. The molecule has 0 bridgehead atoms. The van der Waals surface area contributed by atoms with Crippen LogP contribution in [0, 0.1) is 55.5 Å². The highest BCUT2D eigenvalue weighted by molar-refractivity contribution is 7.91. The average molecular weight is 977 g/mol. The van der Waals surface area contributed by atoms with E-state index in [1.54, 1.807) is 18.2 Å². The fourth-order valence-electron chi connectivity index (χ4n) is 14.3. The van der Waals surface area contributed by atoms with Crippen LogP contribution in [0.25, 0.3) is 0 Å². The normalized spacial score (nSPS) is 30.8. The highest BCUT2D eigenvalue weighted by Gasteiger charge is 2.69. The lowest BCUT2D eigenvalue weighted by Crippen LogP contribution is -2.65. The minimum atomic E-state index is -4.33. The molecule has 1 heterocycles. The zero-order valence-corrected chi connectivity index (χ0v) is 42.5. The molecule has 1 aromatic heterocycles. The molecule has 4 saturated carbocycles. The number of aromatic nitrogens is 2. The van der Waals surface area contributed by atoms with Gasteiger partial charge in [0, 0.05) is 5.41 Å². The van der Waals surface area contributed by atoms with E-state index in [4.69, 9.17) is 18.9 Å². The first-order valence-corrected chi connectivity index (χ1v) is 26.5. The van der Waals surface area contributed by atoms with Gasteiger partial charge in [0.15, 0.2) is 0 Å². The lowest BCUT2D eigenvalue weighted by Gasteiger charge is -2.71. The van der Waals surface area contributed by atoms with Crippen molar-refractivity contribution in [1.82, 2.24) is 5.16 Å². The summed E-state index contributed by atoms with van der Waals surface area (Å²) >= 11 is 0. The molecule has 0 aliphatic heterocycles. The lowest BCUT2D eigenvalue weighted by molar-refractivity contribution is -0.832. The van der Waals surface area contributed by atoms with Crippen molar-refractivity contribution in [3.8, 4) is 11.6 Å². The number of hydrogen-bond donors (Lipinski definition) is 0. The van der Waals surface area contributed by atoms with E-state index >= 15 is 0 Å². The van der Waals surface area contributed by atoms with Crippen LogP contribution in [-0.4, -0.2) is 37.6 Å². The second kappa shape index (κ2) is 18.3. The van der Waals surface area contributed by atoms with Crippen molar-refractivity contribution < 1.29 is 51.3 Å². The number of sulfone groups is 1. The van der Waals surface area contributed by atoms with Gasteiger partial charge in [0.05, 0.1) is 28.3 Å². The quantitative estimate of drug-likeness (QED) is 0.0537. The third kappa shape index (κ3) is 8.63. The number of rotatable bonds is 13. The second-order valence-electron chi connectivity index (χ2n) is 23.0. The standard InChI is InChI=1S/C56H68N2O11S/c1-51(2)29-31-56(50(61)66-35-37-15-10-8-11-16-37)32-30-54(6)41(42(56)34-51)21-22-44-53(5)27-26-45(52(3,4)43(53)25-28-55(44,54)7)68-47(60)24-23-46(59)65-36-38-17-14-18-39(33-38)67-48-49(58(62)69-57-48)70(63,64)40-19-12-9-13-20-40/h8-21,33,42-45H,22-32,34-36H2,1-7H3/t42-,43-,44+,45-,53-,54+,55+,56-/m0/s1. The molecule has 0 saturated heterocycles. The van der Waals surface area contributed by atoms with Gasteiger partial charge in [-0.25, -0.2) is 8.42 Å². The third-order valence-corrected chi connectivity index (χ3v) is 20.1. The van der Waals surface area contributed by atoms with Crippen LogP contribution in [0.1, 0.15) is 137 Å². The van der Waals surface area contributed by atoms with Crippen LogP contribution in [0.5, 0.6) is 11.6 Å². The summed E-state index contributed by atoms with van der Waals surface area (Å²) in [6.07, 6.45) is 11.4. The minimum Gasteiger partial charge on any atom is -0.462 e. The molecular weight excluding hydrogens is 909 g/mol. The number of carbonyl (C=O) groups excluding carboxylic acids is 3. The Morgan fingerprint density at radius 1 is 0.757 bits per heavy atom. The van der Waals surface area contributed by atoms with E-state index < -0.39 is 38.1 Å². The molecule has 4 aromatic rings. The number of benzene rings is 3. The maximum Gasteiger partial charge on any atom is 0.420 e. The molecule has 0 radical (unpaired) electrons. The van der Waals surface area contributed by atoms with Crippen LogP contribution in [0.3, 0.4) is 0 Å². The van der Waals surface area contributed by atoms with Crippen molar-refractivity contribution in [3.05, 3.63) is 113 Å². The molecule has 3 aromatic carbocycles. The number of esters is 3. The van der Waals surface area contributed by atoms with Gasteiger partial charge in [-0.15, -0.1) is 0 Å². The Balaban J connectivity index is 0.815. The molecule has 14 heteroatoms. The van der Waals surface area contributed by atoms with Crippen molar-refractivity contribution in [3.63, 3.8) is 0 Å². The van der Waals surface area contributed by atoms with Crippen molar-refractivity contribution >= 4 is 27.7 Å². The van der Waals surface area contributed by atoms with Gasteiger partial charge in [-0.1, -0.05) is 121 Å². The van der Waals surface area contributed by atoms with Crippen LogP contribution >= 0.6 is 0 Å². The molecule has 0 spiro atoms. The molecule has 13 nitrogen and oxygen atoms in total. The number of allylic oxidation sites excluding steroid dienone is 2. The van der Waals surface area contributed by atoms with Gasteiger partial charge in [0.1, 0.15) is 25.1 Å². The van der Waals surface area contributed by atoms with Gasteiger partial charge in [-0.05, 0) is 144 Å². The van der Waals surface area contributed by atoms with Gasteiger partial charge in [0.25, 0.3) is 9.84 Å². The SMILES string of the molecule is CC1(C)CC[C@]2(C(=O)OCc3ccccc3)CC[C@]3(C)C(=CC[C@@H]4[C@@]5(C)CC[C@H](OC(=O)CCC(=O)OCc6cccc(Oc7no[n+]([O-])c7S(=O)(=O)c7ccccc7)c6)C(C)(C)[C@@H]5CC[C@]43C)[C@@H]2C1. The Morgan fingerprint density at radius 3 is 2.17 bits per heavy atom. The van der Waals surface area contributed by atoms with E-state index in [1.165, 1.54) is 42.0 Å². The molecule has 0 N–H and O–H groups in total. The zero-order chi connectivity index (χ0) is 49.9. The number of carbonyl (C=O) groups is 3. The Hall–Kier alpha value is -5.50. The molecular formula is C56H68N2O11S. The summed E-state index contributed by atoms with van der Waals surface area (Å²) in [4.78, 5) is 40.5. The number of nitrogens with zero attached hydrogens (tertiary/aromatic N) is 2. The summed E-state index contributed by atoms with van der Waals surface area (Å²) in [5.74, 6) is -0.544. The highest BCUT2D eigenvalue weighted by Crippen LogP contribution is 2.76. The summed E-state index contributed by atoms with van der Waals surface area (Å²) in [5.41, 5.74) is 2.36. The zero-order valence-electron chi connectivity index (χ0n) is 41.7. The van der Waals surface area contributed by atoms with Gasteiger partial charge in [0.2, 0.25) is 0 Å². The Labute approximate surface area is 412 Å². The molecule has 0 amide bonds. The molecule has 8 atom stereocenters. The van der Waals surface area contributed by atoms with Crippen LogP contribution in [0.2, 0.25) is 0 Å². The molecule has 5 aliphatic carbocycles. The fraction of sp³-hybridized carbons (Fsp3) is 0.554. The third-order valence-electron chi connectivity index (χ3n) is 18.4. The van der Waals surface area contributed by atoms with E-state index in [1.807, 2.05) is 30.3 Å². The molecule has 0 unspecified atom stereocenters. The first-order chi connectivity index (χ1) is 33.1. The lowest BCUT2D eigenvalue weighted by atomic mass is 9.33. The Bertz CT molecular complexity index is 2770. The van der Waals surface area contributed by atoms with E-state index in [0.717, 1.165) is 69.8 Å². The summed E-state index contributed by atoms with van der Waals surface area (Å²) in [5, 5.41) is 15.1. The van der Waals surface area contributed by atoms with Gasteiger partial charge < -0.3 is 24.2 Å². The van der Waals surface area contributed by atoms with Crippen molar-refractivity contribution in [2.24, 2.45) is 50.2 Å². The number of fused-ring (bicyclic) bond motifs is 7. The van der Waals surface area contributed by atoms with Gasteiger partial charge >= 0.3 is 28.8 Å². The fourth-order valence-corrected chi connectivity index (χ4v) is 15.6. The molecule has 5 aliphatic rings. The summed E-state index contributed by atoms with van der Waals surface area (Å²) < 4.78 is 54.7. The summed E-state index contributed by atoms with van der Waals surface area (Å²) in [7, 11) is -4.33. The second-order valence-corrected chi connectivity index (χ2v) is 24.9. The smallest absolute Gasteiger partial charge is 0.420 e. The van der Waals surface area contributed by atoms with Crippen LogP contribution in [0.4, 0.5) is 0 Å². The van der Waals surface area contributed by atoms with Crippen molar-refractivity contribution in [2.75, 3.05) is 0 Å². The van der Waals surface area contributed by atoms with E-state index in [0.29, 0.717) is 24.0 Å². The molecule has 4 fully saturated rings. The van der Waals surface area contributed by atoms with E-state index in [-0.39, 0.29) is 80.1 Å². The van der Waals surface area contributed by atoms with Crippen LogP contribution in [-0.2, 0) is 51.6 Å². The molecule has 9 rings (SSSR count). The highest BCUT2D eigenvalue weighted by atomic mass is 32.2. The van der Waals surface area contributed by atoms with Gasteiger partial charge in [-0.3, -0.25) is 19.0 Å². The maximum atomic E-state index is 14.4.